The molecule has 12 heteroatoms. The number of fused-ring (bicyclic) bond motifs is 1. The summed E-state index contributed by atoms with van der Waals surface area (Å²) in [5.74, 6) is -0.290. The Morgan fingerprint density at radius 1 is 1.22 bits per heavy atom. The standard InChI is InChI=1S/C24H25F3N6O3/c1-12(34)18-17(32-22(35)36-2)4-3-14-15(10-28-20(14)18)19-16(24(25,26)27)11-29-21(33-19)31-13-5-6-23(7-8-23)30-9-13/h3-4,10-11,13,28,30H,5-9H2,1-2H3,(H,32,35)(H,29,31,33)/t13-/m0/s1. The van der Waals surface area contributed by atoms with Crippen LogP contribution in [0.4, 0.5) is 29.6 Å². The summed E-state index contributed by atoms with van der Waals surface area (Å²) in [5, 5.41) is 9.48. The first-order chi connectivity index (χ1) is 17.1. The fourth-order valence-corrected chi connectivity index (χ4v) is 4.75. The molecule has 4 N–H and O–H groups in total. The van der Waals surface area contributed by atoms with Gasteiger partial charge in [-0.2, -0.15) is 13.2 Å². The molecule has 0 bridgehead atoms. The Hall–Kier alpha value is -3.67. The van der Waals surface area contributed by atoms with Crippen LogP contribution in [0.1, 0.15) is 48.5 Å². The summed E-state index contributed by atoms with van der Waals surface area (Å²) >= 11 is 0. The number of hydrogen-bond acceptors (Lipinski definition) is 7. The number of methoxy groups -OCH3 is 1. The van der Waals surface area contributed by atoms with Crippen molar-refractivity contribution in [1.82, 2.24) is 20.3 Å². The number of benzene rings is 1. The predicted molar refractivity (Wildman–Crippen MR) is 127 cm³/mol. The number of rotatable bonds is 5. The van der Waals surface area contributed by atoms with Gasteiger partial charge in [0.05, 0.1) is 29.6 Å². The van der Waals surface area contributed by atoms with Crippen LogP contribution in [0.3, 0.4) is 0 Å². The highest BCUT2D eigenvalue weighted by Gasteiger charge is 2.45. The minimum absolute atomic E-state index is 0.0000466. The van der Waals surface area contributed by atoms with E-state index in [1.54, 1.807) is 0 Å². The molecule has 2 aromatic heterocycles. The van der Waals surface area contributed by atoms with E-state index >= 15 is 0 Å². The third-order valence-corrected chi connectivity index (χ3v) is 6.86. The number of aromatic amines is 1. The van der Waals surface area contributed by atoms with Crippen molar-refractivity contribution in [3.63, 3.8) is 0 Å². The average Bonchev–Trinajstić information content (AvgIpc) is 3.45. The maximum Gasteiger partial charge on any atom is 0.419 e. The number of halogens is 3. The van der Waals surface area contributed by atoms with E-state index < -0.39 is 17.8 Å². The first-order valence-corrected chi connectivity index (χ1v) is 11.6. The maximum absolute atomic E-state index is 13.9. The zero-order valence-corrected chi connectivity index (χ0v) is 19.7. The summed E-state index contributed by atoms with van der Waals surface area (Å²) in [6.45, 7) is 1.99. The largest absolute Gasteiger partial charge is 0.453 e. The second kappa shape index (κ2) is 8.77. The number of nitrogens with one attached hydrogen (secondary N) is 4. The van der Waals surface area contributed by atoms with Gasteiger partial charge in [-0.15, -0.1) is 0 Å². The number of amides is 1. The number of aromatic nitrogens is 3. The Bertz CT molecular complexity index is 1340. The lowest BCUT2D eigenvalue weighted by Crippen LogP contribution is -2.46. The molecule has 0 radical (unpaired) electrons. The van der Waals surface area contributed by atoms with Crippen molar-refractivity contribution in [2.45, 2.75) is 50.4 Å². The molecule has 1 atom stereocenters. The molecule has 1 aliphatic carbocycles. The van der Waals surface area contributed by atoms with Crippen LogP contribution in [0, 0.1) is 0 Å². The molecule has 1 saturated heterocycles. The van der Waals surface area contributed by atoms with Crippen LogP contribution >= 0.6 is 0 Å². The molecule has 1 saturated carbocycles. The Labute approximate surface area is 204 Å². The SMILES string of the molecule is COC(=O)Nc1ccc2c(-c3nc(N[C@H]4CCC5(CC5)NC4)ncc3C(F)(F)F)c[nH]c2c1C(C)=O. The monoisotopic (exact) mass is 502 g/mol. The van der Waals surface area contributed by atoms with E-state index in [4.69, 9.17) is 0 Å². The summed E-state index contributed by atoms with van der Waals surface area (Å²) in [7, 11) is 1.18. The zero-order valence-electron chi connectivity index (χ0n) is 19.7. The number of piperidine rings is 1. The van der Waals surface area contributed by atoms with Crippen molar-refractivity contribution in [3.8, 4) is 11.3 Å². The Kier molecular flexibility index (Phi) is 5.86. The van der Waals surface area contributed by atoms with Gasteiger partial charge in [0.1, 0.15) is 5.56 Å². The number of nitrogens with zero attached hydrogens (tertiary/aromatic N) is 2. The molecule has 0 unspecified atom stereocenters. The number of anilines is 2. The summed E-state index contributed by atoms with van der Waals surface area (Å²) in [4.78, 5) is 35.2. The minimum Gasteiger partial charge on any atom is -0.453 e. The lowest BCUT2D eigenvalue weighted by atomic mass is 9.99. The maximum atomic E-state index is 13.9. The quantitative estimate of drug-likeness (QED) is 0.373. The summed E-state index contributed by atoms with van der Waals surface area (Å²) in [6, 6.07) is 2.97. The summed E-state index contributed by atoms with van der Waals surface area (Å²) in [5.41, 5.74) is -0.329. The first-order valence-electron chi connectivity index (χ1n) is 11.6. The van der Waals surface area contributed by atoms with E-state index in [9.17, 15) is 22.8 Å². The molecule has 36 heavy (non-hydrogen) atoms. The van der Waals surface area contributed by atoms with Crippen molar-refractivity contribution in [2.75, 3.05) is 24.3 Å². The van der Waals surface area contributed by atoms with Crippen LogP contribution in [0.5, 0.6) is 0 Å². The van der Waals surface area contributed by atoms with Crippen molar-refractivity contribution in [3.05, 3.63) is 35.7 Å². The summed E-state index contributed by atoms with van der Waals surface area (Å²) in [6.07, 6.45) is 0.854. The lowest BCUT2D eigenvalue weighted by molar-refractivity contribution is -0.137. The highest BCUT2D eigenvalue weighted by molar-refractivity contribution is 6.14. The molecule has 2 fully saturated rings. The Morgan fingerprint density at radius 2 is 2.00 bits per heavy atom. The molecular formula is C24H25F3N6O3. The molecule has 2 aliphatic rings. The van der Waals surface area contributed by atoms with E-state index in [1.165, 1.54) is 32.4 Å². The molecule has 190 valence electrons. The number of alkyl halides is 3. The van der Waals surface area contributed by atoms with Crippen LogP contribution in [0.25, 0.3) is 22.2 Å². The Balaban J connectivity index is 1.55. The normalized spacial score (nSPS) is 18.8. The van der Waals surface area contributed by atoms with Gasteiger partial charge in [0.2, 0.25) is 5.95 Å². The van der Waals surface area contributed by atoms with E-state index in [2.05, 4.69) is 35.6 Å². The first kappa shape index (κ1) is 24.0. The van der Waals surface area contributed by atoms with Crippen molar-refractivity contribution in [2.24, 2.45) is 0 Å². The van der Waals surface area contributed by atoms with Gasteiger partial charge in [-0.1, -0.05) is 6.07 Å². The van der Waals surface area contributed by atoms with Crippen molar-refractivity contribution in [1.29, 1.82) is 0 Å². The third kappa shape index (κ3) is 4.48. The van der Waals surface area contributed by atoms with E-state index in [1.807, 2.05) is 0 Å². The van der Waals surface area contributed by atoms with E-state index in [0.717, 1.165) is 31.9 Å². The molecule has 1 aromatic carbocycles. The minimum atomic E-state index is -4.70. The highest BCUT2D eigenvalue weighted by Crippen LogP contribution is 2.43. The average molecular weight is 502 g/mol. The van der Waals surface area contributed by atoms with Crippen LogP contribution in [-0.4, -0.2) is 52.1 Å². The number of carbonyl (C=O) groups is 2. The van der Waals surface area contributed by atoms with Gasteiger partial charge < -0.3 is 20.4 Å². The van der Waals surface area contributed by atoms with Crippen LogP contribution < -0.4 is 16.0 Å². The smallest absolute Gasteiger partial charge is 0.419 e. The van der Waals surface area contributed by atoms with Crippen molar-refractivity contribution < 1.29 is 27.5 Å². The summed E-state index contributed by atoms with van der Waals surface area (Å²) < 4.78 is 46.4. The van der Waals surface area contributed by atoms with Crippen LogP contribution in [0.2, 0.25) is 0 Å². The molecule has 3 aromatic rings. The van der Waals surface area contributed by atoms with Crippen LogP contribution in [0.15, 0.2) is 24.5 Å². The van der Waals surface area contributed by atoms with Gasteiger partial charge in [0.25, 0.3) is 0 Å². The predicted octanol–water partition coefficient (Wildman–Crippen LogP) is 4.72. The van der Waals surface area contributed by atoms with Gasteiger partial charge in [-0.25, -0.2) is 14.8 Å². The Morgan fingerprint density at radius 3 is 2.61 bits per heavy atom. The molecule has 1 aliphatic heterocycles. The third-order valence-electron chi connectivity index (χ3n) is 6.86. The number of carbonyl (C=O) groups excluding carboxylic acids is 2. The molecule has 1 amide bonds. The zero-order chi connectivity index (χ0) is 25.7. The lowest BCUT2D eigenvalue weighted by Gasteiger charge is -2.30. The highest BCUT2D eigenvalue weighted by atomic mass is 19.4. The topological polar surface area (TPSA) is 121 Å². The fraction of sp³-hybridized carbons (Fsp3) is 0.417. The molecule has 1 spiro atoms. The van der Waals surface area contributed by atoms with E-state index in [0.29, 0.717) is 11.9 Å². The number of H-pyrrole nitrogens is 1. The number of hydrogen-bond donors (Lipinski definition) is 4. The van der Waals surface area contributed by atoms with Gasteiger partial charge in [0, 0.05) is 41.5 Å². The number of ketones is 1. The molecule has 9 nitrogen and oxygen atoms in total. The molecular weight excluding hydrogens is 477 g/mol. The van der Waals surface area contributed by atoms with Crippen LogP contribution in [-0.2, 0) is 10.9 Å². The number of Topliss-reactive ketones (excluding diaryl/α,β-unsaturated/α-hetero) is 1. The van der Waals surface area contributed by atoms with Gasteiger partial charge in [-0.3, -0.25) is 10.1 Å². The number of ether oxygens (including phenoxy) is 1. The van der Waals surface area contributed by atoms with Gasteiger partial charge in [-0.05, 0) is 38.7 Å². The van der Waals surface area contributed by atoms with Gasteiger partial charge >= 0.3 is 12.3 Å². The van der Waals surface area contributed by atoms with Crippen molar-refractivity contribution >= 4 is 34.4 Å². The van der Waals surface area contributed by atoms with E-state index in [-0.39, 0.29) is 51.3 Å². The fourth-order valence-electron chi connectivity index (χ4n) is 4.75. The second-order valence-electron chi connectivity index (χ2n) is 9.28. The molecule has 5 rings (SSSR count). The van der Waals surface area contributed by atoms with Gasteiger partial charge in [0.15, 0.2) is 5.78 Å². The second-order valence-corrected chi connectivity index (χ2v) is 9.28. The molecule has 3 heterocycles.